The quantitative estimate of drug-likeness (QED) is 0.608. The zero-order chi connectivity index (χ0) is 24.0. The van der Waals surface area contributed by atoms with Gasteiger partial charge in [-0.2, -0.15) is 0 Å². The fraction of sp³-hybridized carbons (Fsp3) is 0.500. The molecule has 0 aliphatic carbocycles. The Morgan fingerprint density at radius 2 is 1.74 bits per heavy atom. The smallest absolute Gasteiger partial charge is 0.229 e. The van der Waals surface area contributed by atoms with Crippen molar-refractivity contribution in [2.24, 2.45) is 5.41 Å². The van der Waals surface area contributed by atoms with Crippen LogP contribution in [-0.4, -0.2) is 54.4 Å². The summed E-state index contributed by atoms with van der Waals surface area (Å²) in [5.74, 6) is 1.29. The van der Waals surface area contributed by atoms with Crippen LogP contribution in [0.15, 0.2) is 48.5 Å². The molecule has 2 aromatic carbocycles. The van der Waals surface area contributed by atoms with E-state index in [-0.39, 0.29) is 17.2 Å². The summed E-state index contributed by atoms with van der Waals surface area (Å²) in [5, 5.41) is 0.673. The second-order valence-corrected chi connectivity index (χ2v) is 9.95. The third-order valence-corrected chi connectivity index (χ3v) is 7.66. The predicted octanol–water partition coefficient (Wildman–Crippen LogP) is 5.15. The van der Waals surface area contributed by atoms with Crippen LogP contribution in [0.3, 0.4) is 0 Å². The molecule has 1 fully saturated rings. The second kappa shape index (κ2) is 11.3. The summed E-state index contributed by atoms with van der Waals surface area (Å²) in [6, 6.07) is 15.7. The van der Waals surface area contributed by atoms with Gasteiger partial charge in [-0.25, -0.2) is 0 Å². The first-order chi connectivity index (χ1) is 16.5. The molecule has 1 spiro atoms. The van der Waals surface area contributed by atoms with Gasteiger partial charge in [-0.3, -0.25) is 9.59 Å². The molecule has 0 aromatic heterocycles. The van der Waals surface area contributed by atoms with Gasteiger partial charge in [0.15, 0.2) is 0 Å². The van der Waals surface area contributed by atoms with E-state index in [4.69, 9.17) is 16.3 Å². The summed E-state index contributed by atoms with van der Waals surface area (Å²) < 4.78 is 6.07. The zero-order valence-corrected chi connectivity index (χ0v) is 20.9. The SMILES string of the molecule is CCN1CCOc2ccccc2CCCCC2(CCN(C(=O)Cc3ccc(Cl)cc3)CC2)C1=O. The van der Waals surface area contributed by atoms with Crippen LogP contribution in [0.25, 0.3) is 0 Å². The molecule has 0 atom stereocenters. The van der Waals surface area contributed by atoms with Crippen LogP contribution in [0.1, 0.15) is 50.2 Å². The second-order valence-electron chi connectivity index (χ2n) is 9.51. The fourth-order valence-corrected chi connectivity index (χ4v) is 5.40. The highest BCUT2D eigenvalue weighted by Crippen LogP contribution is 2.39. The number of ether oxygens (including phenoxy) is 1. The first-order valence-corrected chi connectivity index (χ1v) is 12.9. The molecule has 1 saturated heterocycles. The molecule has 5 nitrogen and oxygen atoms in total. The minimum atomic E-state index is -0.383. The number of aryl methyl sites for hydroxylation is 1. The minimum absolute atomic E-state index is 0.120. The predicted molar refractivity (Wildman–Crippen MR) is 135 cm³/mol. The van der Waals surface area contributed by atoms with Gasteiger partial charge in [-0.15, -0.1) is 0 Å². The standard InChI is InChI=1S/C28H35ClN2O3/c1-2-30-19-20-34-25-9-4-3-7-23(25)8-5-6-14-28(27(30)33)15-17-31(18-16-28)26(32)21-22-10-12-24(29)13-11-22/h3-4,7,9-13H,2,5-6,8,14-21H2,1H3. The van der Waals surface area contributed by atoms with E-state index < -0.39 is 0 Å². The van der Waals surface area contributed by atoms with Crippen LogP contribution in [0, 0.1) is 5.41 Å². The molecule has 2 aliphatic rings. The number of rotatable bonds is 3. The largest absolute Gasteiger partial charge is 0.491 e. The lowest BCUT2D eigenvalue weighted by atomic mass is 9.73. The highest BCUT2D eigenvalue weighted by Gasteiger charge is 2.43. The Bertz CT molecular complexity index is 983. The van der Waals surface area contributed by atoms with Crippen molar-refractivity contribution >= 4 is 23.4 Å². The lowest BCUT2D eigenvalue weighted by Crippen LogP contribution is -2.52. The summed E-state index contributed by atoms with van der Waals surface area (Å²) in [5.41, 5.74) is 1.83. The maximum Gasteiger partial charge on any atom is 0.229 e. The topological polar surface area (TPSA) is 49.9 Å². The summed E-state index contributed by atoms with van der Waals surface area (Å²) in [7, 11) is 0. The molecule has 2 amide bonds. The van der Waals surface area contributed by atoms with Gasteiger partial charge in [0, 0.05) is 24.7 Å². The van der Waals surface area contributed by atoms with Gasteiger partial charge < -0.3 is 14.5 Å². The van der Waals surface area contributed by atoms with E-state index in [0.717, 1.165) is 49.8 Å². The Balaban J connectivity index is 1.43. The number of para-hydroxylation sites is 1. The first-order valence-electron chi connectivity index (χ1n) is 12.5. The molecule has 2 aromatic rings. The van der Waals surface area contributed by atoms with Crippen LogP contribution in [0.5, 0.6) is 5.75 Å². The van der Waals surface area contributed by atoms with Crippen LogP contribution in [0.2, 0.25) is 5.02 Å². The van der Waals surface area contributed by atoms with Crippen LogP contribution < -0.4 is 4.74 Å². The average molecular weight is 483 g/mol. The van der Waals surface area contributed by atoms with Crippen molar-refractivity contribution < 1.29 is 14.3 Å². The Kier molecular flexibility index (Phi) is 8.15. The van der Waals surface area contributed by atoms with E-state index in [9.17, 15) is 9.59 Å². The Labute approximate surface area is 208 Å². The molecule has 0 bridgehead atoms. The van der Waals surface area contributed by atoms with E-state index in [0.29, 0.717) is 44.2 Å². The molecule has 2 aliphatic heterocycles. The number of hydrogen-bond acceptors (Lipinski definition) is 3. The molecular weight excluding hydrogens is 448 g/mol. The van der Waals surface area contributed by atoms with E-state index in [2.05, 4.69) is 12.1 Å². The number of piperidine rings is 1. The molecule has 0 saturated carbocycles. The molecule has 182 valence electrons. The minimum Gasteiger partial charge on any atom is -0.491 e. The van der Waals surface area contributed by atoms with Crippen LogP contribution >= 0.6 is 11.6 Å². The number of carbonyl (C=O) groups is 2. The lowest BCUT2D eigenvalue weighted by molar-refractivity contribution is -0.149. The van der Waals surface area contributed by atoms with Crippen molar-refractivity contribution in [1.29, 1.82) is 0 Å². The van der Waals surface area contributed by atoms with E-state index in [1.165, 1.54) is 5.56 Å². The van der Waals surface area contributed by atoms with Gasteiger partial charge in [0.1, 0.15) is 12.4 Å². The number of carbonyl (C=O) groups excluding carboxylic acids is 2. The van der Waals surface area contributed by atoms with Crippen molar-refractivity contribution in [3.63, 3.8) is 0 Å². The molecule has 6 heteroatoms. The van der Waals surface area contributed by atoms with Crippen molar-refractivity contribution in [2.75, 3.05) is 32.8 Å². The van der Waals surface area contributed by atoms with Gasteiger partial charge in [-0.05, 0) is 68.4 Å². The number of halogens is 1. The number of amides is 2. The highest BCUT2D eigenvalue weighted by molar-refractivity contribution is 6.30. The maximum atomic E-state index is 13.8. The van der Waals surface area contributed by atoms with E-state index >= 15 is 0 Å². The Morgan fingerprint density at radius 1 is 1.00 bits per heavy atom. The number of nitrogens with zero attached hydrogens (tertiary/aromatic N) is 2. The lowest BCUT2D eigenvalue weighted by Gasteiger charge is -2.43. The number of likely N-dealkylation sites (N-methyl/N-ethyl adjacent to an activating group) is 1. The molecule has 0 unspecified atom stereocenters. The van der Waals surface area contributed by atoms with Gasteiger partial charge >= 0.3 is 0 Å². The summed E-state index contributed by atoms with van der Waals surface area (Å²) in [4.78, 5) is 30.6. The van der Waals surface area contributed by atoms with Crippen LogP contribution in [0.4, 0.5) is 0 Å². The van der Waals surface area contributed by atoms with Crippen molar-refractivity contribution in [2.45, 2.75) is 51.9 Å². The number of likely N-dealkylation sites (tertiary alicyclic amines) is 1. The fourth-order valence-electron chi connectivity index (χ4n) is 5.28. The van der Waals surface area contributed by atoms with Gasteiger partial charge in [0.2, 0.25) is 11.8 Å². The van der Waals surface area contributed by atoms with E-state index in [1.807, 2.05) is 53.1 Å². The molecular formula is C28H35ClN2O3. The average Bonchev–Trinajstić information content (AvgIpc) is 2.86. The van der Waals surface area contributed by atoms with Gasteiger partial charge in [-0.1, -0.05) is 48.4 Å². The van der Waals surface area contributed by atoms with Crippen molar-refractivity contribution in [1.82, 2.24) is 9.80 Å². The zero-order valence-electron chi connectivity index (χ0n) is 20.1. The Hall–Kier alpha value is -2.53. The molecule has 0 N–H and O–H groups in total. The maximum absolute atomic E-state index is 13.8. The molecule has 2 heterocycles. The van der Waals surface area contributed by atoms with Gasteiger partial charge in [0.25, 0.3) is 0 Å². The summed E-state index contributed by atoms with van der Waals surface area (Å²) in [6.07, 6.45) is 5.69. The summed E-state index contributed by atoms with van der Waals surface area (Å²) >= 11 is 5.97. The third kappa shape index (κ3) is 5.75. The number of benzene rings is 2. The normalized spacial score (nSPS) is 19.1. The first kappa shape index (κ1) is 24.6. The Morgan fingerprint density at radius 3 is 2.47 bits per heavy atom. The summed E-state index contributed by atoms with van der Waals surface area (Å²) in [6.45, 7) is 5.06. The number of hydrogen-bond donors (Lipinski definition) is 0. The van der Waals surface area contributed by atoms with E-state index in [1.54, 1.807) is 0 Å². The molecule has 34 heavy (non-hydrogen) atoms. The molecule has 4 rings (SSSR count). The number of fused-ring (bicyclic) bond motifs is 1. The monoisotopic (exact) mass is 482 g/mol. The third-order valence-electron chi connectivity index (χ3n) is 7.41. The van der Waals surface area contributed by atoms with Crippen molar-refractivity contribution in [3.8, 4) is 5.75 Å². The van der Waals surface area contributed by atoms with Gasteiger partial charge in [0.05, 0.1) is 18.4 Å². The highest BCUT2D eigenvalue weighted by atomic mass is 35.5. The van der Waals surface area contributed by atoms with Crippen molar-refractivity contribution in [3.05, 3.63) is 64.7 Å². The van der Waals surface area contributed by atoms with Crippen LogP contribution in [-0.2, 0) is 22.4 Å². The molecule has 0 radical (unpaired) electrons.